The molecular formula is C27H36F3N3O5. The zero-order chi connectivity index (χ0) is 28.8. The van der Waals surface area contributed by atoms with Gasteiger partial charge in [0.2, 0.25) is 11.8 Å². The van der Waals surface area contributed by atoms with Crippen molar-refractivity contribution in [1.29, 1.82) is 0 Å². The van der Waals surface area contributed by atoms with E-state index >= 15 is 0 Å². The molecule has 1 aromatic rings. The number of carbonyl (C=O) groups excluding carboxylic acids is 4. The summed E-state index contributed by atoms with van der Waals surface area (Å²) in [5.74, 6) is -4.84. The molecule has 0 aliphatic carbocycles. The molecule has 0 spiro atoms. The topological polar surface area (TPSA) is 105 Å². The monoisotopic (exact) mass is 539 g/mol. The molecular weight excluding hydrogens is 503 g/mol. The van der Waals surface area contributed by atoms with E-state index in [0.717, 1.165) is 5.56 Å². The number of halogens is 3. The van der Waals surface area contributed by atoms with Gasteiger partial charge in [0.05, 0.1) is 0 Å². The van der Waals surface area contributed by atoms with E-state index in [1.165, 1.54) is 13.0 Å². The van der Waals surface area contributed by atoms with Crippen molar-refractivity contribution in [3.05, 3.63) is 47.5 Å². The minimum absolute atomic E-state index is 0.126. The largest absolute Gasteiger partial charge is 0.471 e. The van der Waals surface area contributed by atoms with Crippen molar-refractivity contribution >= 4 is 23.7 Å². The van der Waals surface area contributed by atoms with Crippen molar-refractivity contribution in [2.24, 2.45) is 5.92 Å². The van der Waals surface area contributed by atoms with Gasteiger partial charge in [0, 0.05) is 13.0 Å². The van der Waals surface area contributed by atoms with Gasteiger partial charge in [-0.2, -0.15) is 13.2 Å². The summed E-state index contributed by atoms with van der Waals surface area (Å²) in [4.78, 5) is 51.9. The molecule has 1 aliphatic heterocycles. The fourth-order valence-corrected chi connectivity index (χ4v) is 4.03. The van der Waals surface area contributed by atoms with Gasteiger partial charge in [-0.3, -0.25) is 14.4 Å². The number of carbonyl (C=O) groups is 4. The van der Waals surface area contributed by atoms with Crippen LogP contribution in [0.15, 0.2) is 42.0 Å². The lowest BCUT2D eigenvalue weighted by Gasteiger charge is -2.31. The number of esters is 1. The van der Waals surface area contributed by atoms with Gasteiger partial charge in [-0.1, -0.05) is 56.7 Å². The van der Waals surface area contributed by atoms with Gasteiger partial charge in [0.25, 0.3) is 0 Å². The number of nitrogens with one attached hydrogen (secondary N) is 2. The molecule has 2 rings (SSSR count). The average Bonchev–Trinajstić information content (AvgIpc) is 3.21. The Morgan fingerprint density at radius 2 is 1.68 bits per heavy atom. The van der Waals surface area contributed by atoms with Gasteiger partial charge >= 0.3 is 18.1 Å². The summed E-state index contributed by atoms with van der Waals surface area (Å²) >= 11 is 0. The van der Waals surface area contributed by atoms with Gasteiger partial charge in [-0.15, -0.1) is 0 Å². The van der Waals surface area contributed by atoms with E-state index in [1.807, 2.05) is 6.07 Å². The second kappa shape index (κ2) is 12.4. The molecule has 2 N–H and O–H groups in total. The van der Waals surface area contributed by atoms with E-state index in [9.17, 15) is 32.3 Å². The van der Waals surface area contributed by atoms with E-state index in [2.05, 4.69) is 10.6 Å². The minimum Gasteiger partial charge on any atom is -0.458 e. The number of rotatable bonds is 9. The summed E-state index contributed by atoms with van der Waals surface area (Å²) in [6.45, 7) is 9.64. The summed E-state index contributed by atoms with van der Waals surface area (Å²) in [5, 5.41) is 5.19. The van der Waals surface area contributed by atoms with Gasteiger partial charge in [-0.25, -0.2) is 4.79 Å². The van der Waals surface area contributed by atoms with Gasteiger partial charge in [0.15, 0.2) is 0 Å². The maximum atomic E-state index is 13.4. The maximum Gasteiger partial charge on any atom is 0.471 e. The van der Waals surface area contributed by atoms with Crippen LogP contribution in [0.5, 0.6) is 0 Å². The number of ether oxygens (including phenoxy) is 1. The second-order valence-electron chi connectivity index (χ2n) is 10.5. The van der Waals surface area contributed by atoms with E-state index < -0.39 is 59.5 Å². The summed E-state index contributed by atoms with van der Waals surface area (Å²) in [6.07, 6.45) is -3.22. The first-order valence-corrected chi connectivity index (χ1v) is 12.5. The number of alkyl halides is 3. The first kappa shape index (κ1) is 30.9. The van der Waals surface area contributed by atoms with E-state index in [1.54, 1.807) is 58.9 Å². The normalized spacial score (nSPS) is 18.2. The predicted molar refractivity (Wildman–Crippen MR) is 135 cm³/mol. The molecule has 11 heteroatoms. The van der Waals surface area contributed by atoms with Crippen LogP contribution in [0, 0.1) is 5.92 Å². The fraction of sp³-hybridized carbons (Fsp3) is 0.556. The Bertz CT molecular complexity index is 1050. The molecule has 1 heterocycles. The molecule has 0 bridgehead atoms. The Morgan fingerprint density at radius 1 is 1.08 bits per heavy atom. The first-order valence-electron chi connectivity index (χ1n) is 12.5. The number of hydrogen-bond donors (Lipinski definition) is 2. The Labute approximate surface area is 221 Å². The third kappa shape index (κ3) is 8.32. The molecule has 0 radical (unpaired) electrons. The molecule has 0 saturated carbocycles. The van der Waals surface area contributed by atoms with Crippen LogP contribution in [-0.2, 0) is 30.3 Å². The molecule has 38 heavy (non-hydrogen) atoms. The van der Waals surface area contributed by atoms with Crippen LogP contribution in [-0.4, -0.2) is 65.0 Å². The predicted octanol–water partition coefficient (Wildman–Crippen LogP) is 3.31. The van der Waals surface area contributed by atoms with Crippen molar-refractivity contribution in [1.82, 2.24) is 15.5 Å². The van der Waals surface area contributed by atoms with Crippen LogP contribution in [0.1, 0.15) is 53.5 Å². The Kier molecular flexibility index (Phi) is 10.1. The molecule has 210 valence electrons. The molecule has 3 amide bonds. The SMILES string of the molecule is CC[C@H](C)[C@H](NC(=O)[C@H]1C(C)=CCN1C(=O)C(F)(F)F)C(=O)N[C@@H](Cc1ccccc1)C(=O)OC(C)(C)C. The number of nitrogens with zero attached hydrogens (tertiary/aromatic N) is 1. The average molecular weight is 540 g/mol. The Morgan fingerprint density at radius 3 is 2.21 bits per heavy atom. The van der Waals surface area contributed by atoms with Crippen molar-refractivity contribution in [3.8, 4) is 0 Å². The molecule has 1 aliphatic rings. The summed E-state index contributed by atoms with van der Waals surface area (Å²) < 4.78 is 44.8. The highest BCUT2D eigenvalue weighted by molar-refractivity contribution is 5.96. The van der Waals surface area contributed by atoms with Crippen LogP contribution < -0.4 is 10.6 Å². The lowest BCUT2D eigenvalue weighted by Crippen LogP contribution is -2.59. The van der Waals surface area contributed by atoms with Crippen molar-refractivity contribution in [3.63, 3.8) is 0 Å². The standard InChI is InChI=1S/C27H36F3N3O5/c1-7-16(2)20(32-23(35)21-17(3)13-14-33(21)25(37)27(28,29)30)22(34)31-19(24(36)38-26(4,5)6)15-18-11-9-8-10-12-18/h8-13,16,19-21H,7,14-15H2,1-6H3,(H,31,34)(H,32,35)/t16-,19-,20-,21+/m0/s1. The lowest BCUT2D eigenvalue weighted by atomic mass is 9.96. The highest BCUT2D eigenvalue weighted by Gasteiger charge is 2.48. The number of amides is 3. The molecule has 0 fully saturated rings. The van der Waals surface area contributed by atoms with Gasteiger partial charge < -0.3 is 20.3 Å². The Hall–Kier alpha value is -3.37. The molecule has 4 atom stereocenters. The highest BCUT2D eigenvalue weighted by Crippen LogP contribution is 2.26. The Balaban J connectivity index is 2.28. The first-order chi connectivity index (χ1) is 17.5. The maximum absolute atomic E-state index is 13.4. The van der Waals surface area contributed by atoms with Crippen molar-refractivity contribution < 1.29 is 37.1 Å². The van der Waals surface area contributed by atoms with E-state index in [0.29, 0.717) is 11.3 Å². The van der Waals surface area contributed by atoms with E-state index in [-0.39, 0.29) is 18.5 Å². The van der Waals surface area contributed by atoms with Crippen molar-refractivity contribution in [2.45, 2.75) is 84.3 Å². The quantitative estimate of drug-likeness (QED) is 0.370. The fourth-order valence-electron chi connectivity index (χ4n) is 4.03. The molecule has 8 nitrogen and oxygen atoms in total. The van der Waals surface area contributed by atoms with Crippen LogP contribution in [0.2, 0.25) is 0 Å². The number of benzene rings is 1. The second-order valence-corrected chi connectivity index (χ2v) is 10.5. The summed E-state index contributed by atoms with van der Waals surface area (Å²) in [7, 11) is 0. The summed E-state index contributed by atoms with van der Waals surface area (Å²) in [5.41, 5.74) is 0.210. The zero-order valence-corrected chi connectivity index (χ0v) is 22.5. The molecule has 0 unspecified atom stereocenters. The smallest absolute Gasteiger partial charge is 0.458 e. The third-order valence-corrected chi connectivity index (χ3v) is 6.19. The van der Waals surface area contributed by atoms with Gasteiger partial charge in [0.1, 0.15) is 23.7 Å². The van der Waals surface area contributed by atoms with Gasteiger partial charge in [-0.05, 0) is 44.7 Å². The van der Waals surface area contributed by atoms with Crippen LogP contribution in [0.3, 0.4) is 0 Å². The molecule has 0 aromatic heterocycles. The van der Waals surface area contributed by atoms with E-state index in [4.69, 9.17) is 4.74 Å². The van der Waals surface area contributed by atoms with Crippen LogP contribution >= 0.6 is 0 Å². The number of hydrogen-bond acceptors (Lipinski definition) is 5. The third-order valence-electron chi connectivity index (χ3n) is 6.19. The minimum atomic E-state index is -5.15. The van der Waals surface area contributed by atoms with Crippen LogP contribution in [0.25, 0.3) is 0 Å². The molecule has 0 saturated heterocycles. The zero-order valence-electron chi connectivity index (χ0n) is 22.5. The summed E-state index contributed by atoms with van der Waals surface area (Å²) in [6, 6.07) is 5.21. The molecule has 1 aromatic carbocycles. The lowest BCUT2D eigenvalue weighted by molar-refractivity contribution is -0.186. The van der Waals surface area contributed by atoms with Crippen LogP contribution in [0.4, 0.5) is 13.2 Å². The van der Waals surface area contributed by atoms with Crippen molar-refractivity contribution in [2.75, 3.05) is 6.54 Å². The highest BCUT2D eigenvalue weighted by atomic mass is 19.4.